The molecule has 0 radical (unpaired) electrons. The summed E-state index contributed by atoms with van der Waals surface area (Å²) >= 11 is 0. The van der Waals surface area contributed by atoms with Gasteiger partial charge in [-0.1, -0.05) is 42.0 Å². The number of aryl methyl sites for hydroxylation is 1. The van der Waals surface area contributed by atoms with Gasteiger partial charge >= 0.3 is 5.97 Å². The molecule has 0 amide bonds. The van der Waals surface area contributed by atoms with E-state index in [-0.39, 0.29) is 18.1 Å². The van der Waals surface area contributed by atoms with Crippen molar-refractivity contribution in [2.75, 3.05) is 13.7 Å². The number of hydrogen-bond donors (Lipinski definition) is 1. The molecule has 1 N–H and O–H groups in total. The zero-order valence-electron chi connectivity index (χ0n) is 15.6. The van der Waals surface area contributed by atoms with E-state index in [9.17, 15) is 9.59 Å². The second kappa shape index (κ2) is 8.03. The zero-order chi connectivity index (χ0) is 19.4. The number of hydrogen-bond acceptors (Lipinski definition) is 6. The second-order valence-electron chi connectivity index (χ2n) is 6.31. The lowest BCUT2D eigenvalue weighted by molar-refractivity contribution is -0.135. The van der Waals surface area contributed by atoms with E-state index < -0.39 is 17.9 Å². The summed E-state index contributed by atoms with van der Waals surface area (Å²) in [5, 5.41) is 4.14. The van der Waals surface area contributed by atoms with Crippen LogP contribution in [0.4, 0.5) is 0 Å². The Kier molecular flexibility index (Phi) is 5.54. The Morgan fingerprint density at radius 2 is 1.74 bits per heavy atom. The van der Waals surface area contributed by atoms with Gasteiger partial charge in [-0.05, 0) is 31.5 Å². The van der Waals surface area contributed by atoms with Gasteiger partial charge in [-0.15, -0.1) is 0 Å². The first-order valence-corrected chi connectivity index (χ1v) is 8.80. The van der Waals surface area contributed by atoms with Crippen LogP contribution in [0.2, 0.25) is 0 Å². The summed E-state index contributed by atoms with van der Waals surface area (Å²) in [6.07, 6.45) is 0. The Labute approximate surface area is 158 Å². The van der Waals surface area contributed by atoms with Crippen molar-refractivity contribution in [2.24, 2.45) is 5.10 Å². The van der Waals surface area contributed by atoms with Gasteiger partial charge in [0.1, 0.15) is 11.8 Å². The minimum Gasteiger partial charge on any atom is -0.497 e. The number of benzene rings is 2. The first-order valence-electron chi connectivity index (χ1n) is 8.80. The zero-order valence-corrected chi connectivity index (χ0v) is 15.6. The van der Waals surface area contributed by atoms with Crippen LogP contribution in [-0.2, 0) is 9.53 Å². The molecule has 0 saturated heterocycles. The van der Waals surface area contributed by atoms with Crippen LogP contribution in [0.15, 0.2) is 53.6 Å². The van der Waals surface area contributed by atoms with E-state index in [0.717, 1.165) is 11.1 Å². The summed E-state index contributed by atoms with van der Waals surface area (Å²) in [7, 11) is 1.58. The highest BCUT2D eigenvalue weighted by Gasteiger charge is 2.41. The Bertz CT molecular complexity index is 857. The van der Waals surface area contributed by atoms with E-state index in [1.165, 1.54) is 0 Å². The van der Waals surface area contributed by atoms with Crippen molar-refractivity contribution in [1.29, 1.82) is 0 Å². The Morgan fingerprint density at radius 1 is 1.07 bits per heavy atom. The SMILES string of the molecule is CCOC(=O)C1=NN[C@@H](C(=O)c2ccc(C)cc2)[C@@H]1c1ccc(OC)cc1. The molecule has 0 unspecified atom stereocenters. The molecule has 0 saturated carbocycles. The summed E-state index contributed by atoms with van der Waals surface area (Å²) in [6.45, 7) is 3.94. The first-order chi connectivity index (χ1) is 13.0. The molecule has 27 heavy (non-hydrogen) atoms. The van der Waals surface area contributed by atoms with Gasteiger partial charge in [0, 0.05) is 5.56 Å². The minimum absolute atomic E-state index is 0.126. The second-order valence-corrected chi connectivity index (χ2v) is 6.31. The molecule has 1 heterocycles. The Hall–Kier alpha value is -3.15. The molecule has 0 bridgehead atoms. The number of nitrogens with one attached hydrogen (secondary N) is 1. The molecular weight excluding hydrogens is 344 g/mol. The lowest BCUT2D eigenvalue weighted by Gasteiger charge is -2.20. The van der Waals surface area contributed by atoms with Crippen LogP contribution in [0.5, 0.6) is 5.75 Å². The van der Waals surface area contributed by atoms with Crippen molar-refractivity contribution in [3.05, 3.63) is 65.2 Å². The number of carbonyl (C=O) groups is 2. The van der Waals surface area contributed by atoms with E-state index in [1.54, 1.807) is 38.3 Å². The largest absolute Gasteiger partial charge is 0.497 e. The van der Waals surface area contributed by atoms with Gasteiger partial charge in [0.2, 0.25) is 0 Å². The summed E-state index contributed by atoms with van der Waals surface area (Å²) in [6, 6.07) is 13.9. The van der Waals surface area contributed by atoms with E-state index in [4.69, 9.17) is 9.47 Å². The van der Waals surface area contributed by atoms with Gasteiger partial charge in [-0.2, -0.15) is 5.10 Å². The van der Waals surface area contributed by atoms with Gasteiger partial charge in [-0.25, -0.2) is 4.79 Å². The fraction of sp³-hybridized carbons (Fsp3) is 0.286. The molecule has 6 heteroatoms. The topological polar surface area (TPSA) is 77.0 Å². The van der Waals surface area contributed by atoms with E-state index in [2.05, 4.69) is 10.5 Å². The number of Topliss-reactive ketones (excluding diaryl/α,β-unsaturated/α-hetero) is 1. The maximum Gasteiger partial charge on any atom is 0.355 e. The van der Waals surface area contributed by atoms with Crippen molar-refractivity contribution in [1.82, 2.24) is 5.43 Å². The molecule has 1 aliphatic heterocycles. The summed E-state index contributed by atoms with van der Waals surface area (Å²) in [5.41, 5.74) is 5.47. The highest BCUT2D eigenvalue weighted by atomic mass is 16.5. The number of nitrogens with zero attached hydrogens (tertiary/aromatic N) is 1. The van der Waals surface area contributed by atoms with E-state index in [1.807, 2.05) is 31.2 Å². The molecule has 2 aromatic rings. The normalized spacial score (nSPS) is 18.4. The molecule has 3 rings (SSSR count). The fourth-order valence-electron chi connectivity index (χ4n) is 3.09. The molecular formula is C21H22N2O4. The van der Waals surface area contributed by atoms with E-state index >= 15 is 0 Å². The molecule has 140 valence electrons. The van der Waals surface area contributed by atoms with Crippen molar-refractivity contribution in [3.63, 3.8) is 0 Å². The van der Waals surface area contributed by atoms with Gasteiger partial charge in [-0.3, -0.25) is 10.2 Å². The summed E-state index contributed by atoms with van der Waals surface area (Å²) < 4.78 is 10.3. The van der Waals surface area contributed by atoms with Crippen LogP contribution in [0, 0.1) is 6.92 Å². The third-order valence-electron chi connectivity index (χ3n) is 4.53. The quantitative estimate of drug-likeness (QED) is 0.628. The van der Waals surface area contributed by atoms with Gasteiger partial charge in [0.15, 0.2) is 11.5 Å². The van der Waals surface area contributed by atoms with E-state index in [0.29, 0.717) is 11.3 Å². The summed E-state index contributed by atoms with van der Waals surface area (Å²) in [5.74, 6) is -0.492. The molecule has 1 aliphatic rings. The predicted molar refractivity (Wildman–Crippen MR) is 102 cm³/mol. The average Bonchev–Trinajstić information content (AvgIpc) is 3.13. The van der Waals surface area contributed by atoms with Gasteiger partial charge in [0.25, 0.3) is 0 Å². The minimum atomic E-state index is -0.680. The fourth-order valence-corrected chi connectivity index (χ4v) is 3.09. The number of ketones is 1. The number of rotatable bonds is 6. The molecule has 2 aromatic carbocycles. The van der Waals surface area contributed by atoms with Crippen LogP contribution in [0.3, 0.4) is 0 Å². The Balaban J connectivity index is 1.95. The third-order valence-corrected chi connectivity index (χ3v) is 4.53. The van der Waals surface area contributed by atoms with Crippen LogP contribution < -0.4 is 10.2 Å². The number of hydrazone groups is 1. The van der Waals surface area contributed by atoms with Crippen molar-refractivity contribution >= 4 is 17.5 Å². The predicted octanol–water partition coefficient (Wildman–Crippen LogP) is 2.86. The third kappa shape index (κ3) is 3.84. The number of methoxy groups -OCH3 is 1. The lowest BCUT2D eigenvalue weighted by Crippen LogP contribution is -2.37. The van der Waals surface area contributed by atoms with Crippen molar-refractivity contribution in [3.8, 4) is 5.75 Å². The van der Waals surface area contributed by atoms with Crippen LogP contribution in [0.25, 0.3) is 0 Å². The highest BCUT2D eigenvalue weighted by molar-refractivity contribution is 6.40. The number of carbonyl (C=O) groups excluding carboxylic acids is 2. The molecule has 6 nitrogen and oxygen atoms in total. The highest BCUT2D eigenvalue weighted by Crippen LogP contribution is 2.30. The van der Waals surface area contributed by atoms with Gasteiger partial charge < -0.3 is 9.47 Å². The number of esters is 1. The molecule has 0 aromatic heterocycles. The average molecular weight is 366 g/mol. The van der Waals surface area contributed by atoms with Crippen LogP contribution in [0.1, 0.15) is 34.3 Å². The Morgan fingerprint density at radius 3 is 2.33 bits per heavy atom. The van der Waals surface area contributed by atoms with Gasteiger partial charge in [0.05, 0.1) is 19.6 Å². The number of ether oxygens (including phenoxy) is 2. The first kappa shape index (κ1) is 18.6. The monoisotopic (exact) mass is 366 g/mol. The molecule has 0 spiro atoms. The maximum atomic E-state index is 13.1. The van der Waals surface area contributed by atoms with Crippen LogP contribution >= 0.6 is 0 Å². The molecule has 0 aliphatic carbocycles. The lowest BCUT2D eigenvalue weighted by atomic mass is 9.84. The molecule has 0 fully saturated rings. The smallest absolute Gasteiger partial charge is 0.355 e. The van der Waals surface area contributed by atoms with Crippen molar-refractivity contribution in [2.45, 2.75) is 25.8 Å². The van der Waals surface area contributed by atoms with Crippen molar-refractivity contribution < 1.29 is 19.1 Å². The summed E-state index contributed by atoms with van der Waals surface area (Å²) in [4.78, 5) is 25.5. The standard InChI is InChI=1S/C21H22N2O4/c1-4-27-21(25)19-17(14-9-11-16(26-3)12-10-14)18(22-23-19)20(24)15-7-5-13(2)6-8-15/h5-12,17-18,22H,4H2,1-3H3/t17-,18+/m0/s1. The molecule has 2 atom stereocenters. The van der Waals surface area contributed by atoms with Crippen LogP contribution in [-0.4, -0.2) is 37.2 Å². The maximum absolute atomic E-state index is 13.1.